The minimum absolute atomic E-state index is 0.0162. The van der Waals surface area contributed by atoms with E-state index in [-0.39, 0.29) is 24.7 Å². The van der Waals surface area contributed by atoms with E-state index in [0.29, 0.717) is 16.8 Å². The number of rotatable bonds is 6. The van der Waals surface area contributed by atoms with Gasteiger partial charge < -0.3 is 30.1 Å². The van der Waals surface area contributed by atoms with Gasteiger partial charge in [0.25, 0.3) is 0 Å². The van der Waals surface area contributed by atoms with Gasteiger partial charge >= 0.3 is 13.1 Å². The average Bonchev–Trinajstić information content (AvgIpc) is 2.97. The molecule has 1 aromatic carbocycles. The Labute approximate surface area is 161 Å². The molecule has 0 fully saturated rings. The zero-order chi connectivity index (χ0) is 20.3. The maximum Gasteiger partial charge on any atom is 0.492 e. The van der Waals surface area contributed by atoms with Gasteiger partial charge in [-0.1, -0.05) is 5.16 Å². The molecule has 1 aromatic heterocycles. The van der Waals surface area contributed by atoms with Gasteiger partial charge in [0.1, 0.15) is 5.75 Å². The third-order valence-electron chi connectivity index (χ3n) is 4.29. The molecule has 0 saturated heterocycles. The third-order valence-corrected chi connectivity index (χ3v) is 4.29. The van der Waals surface area contributed by atoms with Gasteiger partial charge in [-0.3, -0.25) is 4.79 Å². The van der Waals surface area contributed by atoms with E-state index in [1.54, 1.807) is 25.1 Å². The summed E-state index contributed by atoms with van der Waals surface area (Å²) < 4.78 is 16.3. The van der Waals surface area contributed by atoms with Crippen LogP contribution in [0, 0.1) is 6.92 Å². The Morgan fingerprint density at radius 3 is 2.93 bits per heavy atom. The first-order valence-corrected chi connectivity index (χ1v) is 8.68. The fourth-order valence-electron chi connectivity index (χ4n) is 3.12. The Bertz CT molecular complexity index is 920. The minimum Gasteiger partial charge on any atom is -0.466 e. The number of ether oxygens (including phenoxy) is 2. The number of oxime groups is 1. The second-order valence-electron chi connectivity index (χ2n) is 6.20. The predicted molar refractivity (Wildman–Crippen MR) is 101 cm³/mol. The maximum atomic E-state index is 11.8. The molecule has 10 heteroatoms. The molecule has 1 aliphatic rings. The van der Waals surface area contributed by atoms with E-state index < -0.39 is 19.2 Å². The number of carbonyl (C=O) groups excluding carboxylic acids is 1. The topological polar surface area (TPSA) is 136 Å². The van der Waals surface area contributed by atoms with Crippen LogP contribution in [0.25, 0.3) is 0 Å². The number of benzene rings is 1. The lowest BCUT2D eigenvalue weighted by Gasteiger charge is -2.14. The van der Waals surface area contributed by atoms with Crippen molar-refractivity contribution < 1.29 is 29.2 Å². The molecule has 146 valence electrons. The molecular formula is C18H20BN3O6. The molecule has 0 radical (unpaired) electrons. The molecule has 0 spiro atoms. The fraction of sp³-hybridized carbons (Fsp3) is 0.278. The van der Waals surface area contributed by atoms with E-state index in [2.05, 4.69) is 10.1 Å². The summed E-state index contributed by atoms with van der Waals surface area (Å²) in [6.45, 7) is 3.85. The van der Waals surface area contributed by atoms with Crippen molar-refractivity contribution >= 4 is 24.4 Å². The van der Waals surface area contributed by atoms with Gasteiger partial charge in [-0.25, -0.2) is 4.98 Å². The monoisotopic (exact) mass is 385 g/mol. The molecule has 2 aromatic rings. The van der Waals surface area contributed by atoms with Gasteiger partial charge in [-0.2, -0.15) is 0 Å². The molecule has 9 nitrogen and oxygen atoms in total. The molecule has 3 rings (SSSR count). The van der Waals surface area contributed by atoms with Crippen LogP contribution in [-0.2, 0) is 14.2 Å². The standard InChI is InChI=1S/C18H20BN3O6/c1-3-26-16(23)9-14-17-10(2)6-12(8-13(17)19(24)28-14)27-15-7-11(4-5-21-15)18(20)22-25/h4-8,14,24-25H,3,9H2,1-2H3,(H2,20,22). The van der Waals surface area contributed by atoms with Crippen molar-refractivity contribution in [3.63, 3.8) is 0 Å². The molecular weight excluding hydrogens is 365 g/mol. The molecule has 2 heterocycles. The van der Waals surface area contributed by atoms with Crippen LogP contribution in [0.3, 0.4) is 0 Å². The third kappa shape index (κ3) is 4.08. The van der Waals surface area contributed by atoms with Crippen LogP contribution in [0.1, 0.15) is 36.1 Å². The molecule has 1 unspecified atom stereocenters. The van der Waals surface area contributed by atoms with Crippen LogP contribution in [0.5, 0.6) is 11.6 Å². The number of nitrogens with zero attached hydrogens (tertiary/aromatic N) is 2. The van der Waals surface area contributed by atoms with E-state index in [4.69, 9.17) is 25.1 Å². The van der Waals surface area contributed by atoms with Gasteiger partial charge in [0.05, 0.1) is 19.1 Å². The minimum atomic E-state index is -1.17. The summed E-state index contributed by atoms with van der Waals surface area (Å²) >= 11 is 0. The zero-order valence-electron chi connectivity index (χ0n) is 15.5. The number of aromatic nitrogens is 1. The first kappa shape index (κ1) is 19.7. The van der Waals surface area contributed by atoms with Crippen molar-refractivity contribution in [2.75, 3.05) is 6.61 Å². The molecule has 0 bridgehead atoms. The number of amidine groups is 1. The Kier molecular flexibility index (Phi) is 5.81. The second kappa shape index (κ2) is 8.28. The Balaban J connectivity index is 1.86. The van der Waals surface area contributed by atoms with Crippen LogP contribution in [-0.4, -0.2) is 40.7 Å². The SMILES string of the molecule is CCOC(=O)CC1OB(O)c2cc(Oc3cc(C(N)=NO)ccn3)cc(C)c21. The van der Waals surface area contributed by atoms with Gasteiger partial charge in [0.15, 0.2) is 5.84 Å². The summed E-state index contributed by atoms with van der Waals surface area (Å²) in [5, 5.41) is 22.0. The van der Waals surface area contributed by atoms with E-state index >= 15 is 0 Å². The first-order valence-electron chi connectivity index (χ1n) is 8.68. The van der Waals surface area contributed by atoms with Crippen molar-refractivity contribution in [2.45, 2.75) is 26.4 Å². The van der Waals surface area contributed by atoms with Crippen LogP contribution < -0.4 is 15.9 Å². The quantitative estimate of drug-likeness (QED) is 0.167. The van der Waals surface area contributed by atoms with Gasteiger partial charge in [-0.15, -0.1) is 0 Å². The van der Waals surface area contributed by atoms with E-state index in [0.717, 1.165) is 11.1 Å². The summed E-state index contributed by atoms with van der Waals surface area (Å²) in [6.07, 6.45) is 0.901. The lowest BCUT2D eigenvalue weighted by atomic mass is 9.77. The highest BCUT2D eigenvalue weighted by Gasteiger charge is 2.38. The summed E-state index contributed by atoms with van der Waals surface area (Å²) in [4.78, 5) is 15.9. The molecule has 0 aliphatic carbocycles. The van der Waals surface area contributed by atoms with Crippen molar-refractivity contribution in [2.24, 2.45) is 10.9 Å². The van der Waals surface area contributed by atoms with Crippen molar-refractivity contribution in [3.8, 4) is 11.6 Å². The average molecular weight is 385 g/mol. The fourth-order valence-corrected chi connectivity index (χ4v) is 3.12. The number of carbonyl (C=O) groups is 1. The lowest BCUT2D eigenvalue weighted by molar-refractivity contribution is -0.145. The summed E-state index contributed by atoms with van der Waals surface area (Å²) in [5.41, 5.74) is 8.09. The van der Waals surface area contributed by atoms with Crippen LogP contribution >= 0.6 is 0 Å². The Morgan fingerprint density at radius 2 is 2.21 bits per heavy atom. The molecule has 1 atom stereocenters. The molecule has 28 heavy (non-hydrogen) atoms. The highest BCUT2D eigenvalue weighted by atomic mass is 16.5. The number of nitrogens with two attached hydrogens (primary N) is 1. The predicted octanol–water partition coefficient (Wildman–Crippen LogP) is 0.989. The van der Waals surface area contributed by atoms with Crippen LogP contribution in [0.2, 0.25) is 0 Å². The number of pyridine rings is 1. The molecule has 0 amide bonds. The maximum absolute atomic E-state index is 11.8. The van der Waals surface area contributed by atoms with E-state index in [9.17, 15) is 9.82 Å². The summed E-state index contributed by atoms with van der Waals surface area (Å²) in [5.74, 6) is 0.208. The van der Waals surface area contributed by atoms with E-state index in [1.165, 1.54) is 12.3 Å². The highest BCUT2D eigenvalue weighted by Crippen LogP contribution is 2.33. The number of fused-ring (bicyclic) bond motifs is 1. The number of aryl methyl sites for hydroxylation is 1. The molecule has 0 saturated carbocycles. The normalized spacial score (nSPS) is 16.0. The van der Waals surface area contributed by atoms with Crippen LogP contribution in [0.4, 0.5) is 0 Å². The van der Waals surface area contributed by atoms with Gasteiger partial charge in [0, 0.05) is 17.8 Å². The van der Waals surface area contributed by atoms with E-state index in [1.807, 2.05) is 6.92 Å². The smallest absolute Gasteiger partial charge is 0.466 e. The molecule has 1 aliphatic heterocycles. The van der Waals surface area contributed by atoms with Gasteiger partial charge in [0.2, 0.25) is 5.88 Å². The number of hydrogen-bond acceptors (Lipinski definition) is 8. The highest BCUT2D eigenvalue weighted by molar-refractivity contribution is 6.62. The summed E-state index contributed by atoms with van der Waals surface area (Å²) in [6, 6.07) is 6.49. The molecule has 4 N–H and O–H groups in total. The van der Waals surface area contributed by atoms with Crippen molar-refractivity contribution in [3.05, 3.63) is 47.2 Å². The van der Waals surface area contributed by atoms with Crippen LogP contribution in [0.15, 0.2) is 35.6 Å². The van der Waals surface area contributed by atoms with Gasteiger partial charge in [-0.05, 0) is 48.6 Å². The zero-order valence-corrected chi connectivity index (χ0v) is 15.5. The second-order valence-corrected chi connectivity index (χ2v) is 6.20. The number of hydrogen-bond donors (Lipinski definition) is 3. The largest absolute Gasteiger partial charge is 0.492 e. The first-order chi connectivity index (χ1) is 13.4. The Morgan fingerprint density at radius 1 is 1.43 bits per heavy atom. The lowest BCUT2D eigenvalue weighted by Crippen LogP contribution is -2.28. The Hall–Kier alpha value is -3.11. The number of esters is 1. The summed E-state index contributed by atoms with van der Waals surface area (Å²) in [7, 11) is -1.17. The van der Waals surface area contributed by atoms with Crippen molar-refractivity contribution in [1.29, 1.82) is 0 Å². The van der Waals surface area contributed by atoms with Crippen molar-refractivity contribution in [1.82, 2.24) is 4.98 Å².